The molecule has 0 saturated carbocycles. The number of rotatable bonds is 4. The first-order valence-corrected chi connectivity index (χ1v) is 12.3. The Balaban J connectivity index is 1.59. The van der Waals surface area contributed by atoms with Crippen molar-refractivity contribution in [2.45, 2.75) is 24.7 Å². The minimum Gasteiger partial charge on any atom is -0.254 e. The monoisotopic (exact) mass is 495 g/mol. The van der Waals surface area contributed by atoms with Gasteiger partial charge < -0.3 is 0 Å². The average molecular weight is 496 g/mol. The summed E-state index contributed by atoms with van der Waals surface area (Å²) in [7, 11) is -2.61. The number of hydrogen-bond acceptors (Lipinski definition) is 4. The maximum Gasteiger partial charge on any atom is 0.303 e. The SMILES string of the molecule is CN=C(NS(=O)(=O)N1CCC(F)(F)CC1)N1C[C@@H](c2ccccc2)C(c2ccc(Cl)cc2)=N1. The van der Waals surface area contributed by atoms with Gasteiger partial charge in [-0.2, -0.15) is 17.8 Å². The van der Waals surface area contributed by atoms with E-state index in [1.807, 2.05) is 42.5 Å². The molecule has 2 aliphatic heterocycles. The van der Waals surface area contributed by atoms with Crippen molar-refractivity contribution >= 4 is 33.5 Å². The van der Waals surface area contributed by atoms with Gasteiger partial charge in [-0.15, -0.1) is 0 Å². The number of aliphatic imine (C=N–C) groups is 1. The molecule has 2 heterocycles. The van der Waals surface area contributed by atoms with Crippen LogP contribution in [0.3, 0.4) is 0 Å². The minimum absolute atomic E-state index is 0.0252. The summed E-state index contributed by atoms with van der Waals surface area (Å²) in [5, 5.41) is 6.78. The number of piperidine rings is 1. The maximum atomic E-state index is 13.5. The summed E-state index contributed by atoms with van der Waals surface area (Å²) in [5.41, 5.74) is 2.62. The highest BCUT2D eigenvalue weighted by atomic mass is 35.5. The van der Waals surface area contributed by atoms with Crippen LogP contribution in [0.1, 0.15) is 29.9 Å². The van der Waals surface area contributed by atoms with Gasteiger partial charge in [-0.1, -0.05) is 54.1 Å². The van der Waals surface area contributed by atoms with Crippen LogP contribution in [0, 0.1) is 0 Å². The Bertz CT molecular complexity index is 1150. The predicted molar refractivity (Wildman–Crippen MR) is 125 cm³/mol. The van der Waals surface area contributed by atoms with Gasteiger partial charge in [0.15, 0.2) is 0 Å². The summed E-state index contributed by atoms with van der Waals surface area (Å²) in [6, 6.07) is 17.0. The van der Waals surface area contributed by atoms with Crippen molar-refractivity contribution in [3.63, 3.8) is 0 Å². The van der Waals surface area contributed by atoms with Gasteiger partial charge in [0.2, 0.25) is 5.96 Å². The van der Waals surface area contributed by atoms with Gasteiger partial charge in [0.25, 0.3) is 5.92 Å². The molecule has 0 bridgehead atoms. The van der Waals surface area contributed by atoms with Crippen LogP contribution in [0.5, 0.6) is 0 Å². The lowest BCUT2D eigenvalue weighted by atomic mass is 9.91. The molecule has 11 heteroatoms. The molecule has 2 aliphatic rings. The van der Waals surface area contributed by atoms with Gasteiger partial charge >= 0.3 is 10.2 Å². The van der Waals surface area contributed by atoms with Crippen LogP contribution in [-0.2, 0) is 10.2 Å². The predicted octanol–water partition coefficient (Wildman–Crippen LogP) is 3.69. The van der Waals surface area contributed by atoms with Crippen LogP contribution in [0.4, 0.5) is 8.78 Å². The van der Waals surface area contributed by atoms with Crippen molar-refractivity contribution in [3.8, 4) is 0 Å². The second kappa shape index (κ2) is 9.36. The molecule has 7 nitrogen and oxygen atoms in total. The van der Waals surface area contributed by atoms with E-state index in [1.165, 1.54) is 12.1 Å². The molecule has 0 unspecified atom stereocenters. The number of benzene rings is 2. The second-order valence-electron chi connectivity index (χ2n) is 7.95. The molecule has 176 valence electrons. The van der Waals surface area contributed by atoms with Gasteiger partial charge in [0.1, 0.15) is 0 Å². The number of nitrogens with zero attached hydrogens (tertiary/aromatic N) is 4. The number of halogens is 3. The zero-order valence-electron chi connectivity index (χ0n) is 18.0. The highest BCUT2D eigenvalue weighted by Gasteiger charge is 2.39. The fourth-order valence-electron chi connectivity index (χ4n) is 3.91. The van der Waals surface area contributed by atoms with E-state index in [0.717, 1.165) is 21.1 Å². The van der Waals surface area contributed by atoms with E-state index in [1.54, 1.807) is 12.1 Å². The lowest BCUT2D eigenvalue weighted by molar-refractivity contribution is -0.0412. The zero-order chi connectivity index (χ0) is 23.6. The molecule has 2 aromatic carbocycles. The standard InChI is InChI=1S/C22H24ClF2N5O2S/c1-26-21(28-33(31,32)29-13-11-22(24,25)12-14-29)30-15-19(16-5-3-2-4-6-16)20(27-30)17-7-9-18(23)10-8-17/h2-10,19H,11-15H2,1H3,(H,26,28)/t19-/m0/s1. The molecule has 0 aliphatic carbocycles. The first kappa shape index (κ1) is 23.6. The van der Waals surface area contributed by atoms with E-state index in [9.17, 15) is 17.2 Å². The maximum absolute atomic E-state index is 13.5. The van der Waals surface area contributed by atoms with E-state index in [2.05, 4.69) is 14.8 Å². The molecular formula is C22H24ClF2N5O2S. The number of hydrazone groups is 1. The molecule has 0 aromatic heterocycles. The third-order valence-electron chi connectivity index (χ3n) is 5.73. The first-order valence-electron chi connectivity index (χ1n) is 10.5. The Kier molecular flexibility index (Phi) is 6.69. The molecule has 0 spiro atoms. The highest BCUT2D eigenvalue weighted by Crippen LogP contribution is 2.31. The summed E-state index contributed by atoms with van der Waals surface area (Å²) >= 11 is 6.04. The van der Waals surface area contributed by atoms with Gasteiger partial charge in [-0.25, -0.2) is 18.5 Å². The summed E-state index contributed by atoms with van der Waals surface area (Å²) in [6.45, 7) is -0.161. The molecule has 1 fully saturated rings. The van der Waals surface area contributed by atoms with Gasteiger partial charge in [-0.05, 0) is 23.3 Å². The minimum atomic E-state index is -4.06. The Morgan fingerprint density at radius 3 is 2.36 bits per heavy atom. The van der Waals surface area contributed by atoms with Crippen LogP contribution in [0.2, 0.25) is 5.02 Å². The van der Waals surface area contributed by atoms with Crippen molar-refractivity contribution < 1.29 is 17.2 Å². The third kappa shape index (κ3) is 5.34. The van der Waals surface area contributed by atoms with Gasteiger partial charge in [0, 0.05) is 43.9 Å². The number of hydrogen-bond donors (Lipinski definition) is 1. The topological polar surface area (TPSA) is 77.4 Å². The Labute approximate surface area is 196 Å². The summed E-state index contributed by atoms with van der Waals surface area (Å²) in [6.07, 6.45) is -1.02. The van der Waals surface area contributed by atoms with E-state index < -0.39 is 29.0 Å². The highest BCUT2D eigenvalue weighted by molar-refractivity contribution is 7.87. The Morgan fingerprint density at radius 2 is 1.76 bits per heavy atom. The Hall–Kier alpha value is -2.56. The number of alkyl halides is 2. The molecule has 1 saturated heterocycles. The lowest BCUT2D eigenvalue weighted by Gasteiger charge is -2.31. The Morgan fingerprint density at radius 1 is 1.12 bits per heavy atom. The molecule has 1 N–H and O–H groups in total. The van der Waals surface area contributed by atoms with Crippen molar-refractivity contribution in [1.29, 1.82) is 0 Å². The van der Waals surface area contributed by atoms with Crippen LogP contribution < -0.4 is 4.72 Å². The van der Waals surface area contributed by atoms with Crippen LogP contribution in [0.25, 0.3) is 0 Å². The molecule has 4 rings (SSSR count). The van der Waals surface area contributed by atoms with Crippen LogP contribution in [-0.4, -0.2) is 62.0 Å². The summed E-state index contributed by atoms with van der Waals surface area (Å²) in [4.78, 5) is 4.10. The molecule has 33 heavy (non-hydrogen) atoms. The van der Waals surface area contributed by atoms with Gasteiger partial charge in [-0.3, -0.25) is 4.99 Å². The lowest BCUT2D eigenvalue weighted by Crippen LogP contribution is -2.51. The molecule has 1 atom stereocenters. The van der Waals surface area contributed by atoms with E-state index in [0.29, 0.717) is 11.6 Å². The van der Waals surface area contributed by atoms with Gasteiger partial charge in [0.05, 0.1) is 12.3 Å². The molecule has 0 amide bonds. The average Bonchev–Trinajstić information content (AvgIpc) is 3.23. The largest absolute Gasteiger partial charge is 0.303 e. The zero-order valence-corrected chi connectivity index (χ0v) is 19.5. The smallest absolute Gasteiger partial charge is 0.254 e. The number of guanidine groups is 1. The molecular weight excluding hydrogens is 472 g/mol. The number of nitrogens with one attached hydrogen (secondary N) is 1. The molecule has 0 radical (unpaired) electrons. The quantitative estimate of drug-likeness (QED) is 0.519. The summed E-state index contributed by atoms with van der Waals surface area (Å²) < 4.78 is 56.1. The van der Waals surface area contributed by atoms with Crippen molar-refractivity contribution in [1.82, 2.24) is 14.0 Å². The first-order chi connectivity index (χ1) is 15.7. The van der Waals surface area contributed by atoms with Crippen LogP contribution >= 0.6 is 11.6 Å². The van der Waals surface area contributed by atoms with Crippen LogP contribution in [0.15, 0.2) is 64.7 Å². The molecule has 2 aromatic rings. The second-order valence-corrected chi connectivity index (χ2v) is 10.1. The van der Waals surface area contributed by atoms with E-state index >= 15 is 0 Å². The van der Waals surface area contributed by atoms with Crippen molar-refractivity contribution in [2.75, 3.05) is 26.7 Å². The fraction of sp³-hybridized carbons (Fsp3) is 0.364. The van der Waals surface area contributed by atoms with E-state index in [4.69, 9.17) is 11.6 Å². The van der Waals surface area contributed by atoms with Crippen molar-refractivity contribution in [3.05, 3.63) is 70.7 Å². The van der Waals surface area contributed by atoms with Crippen molar-refractivity contribution in [2.24, 2.45) is 10.1 Å². The normalized spacial score (nSPS) is 21.7. The van der Waals surface area contributed by atoms with E-state index in [-0.39, 0.29) is 25.0 Å². The fourth-order valence-corrected chi connectivity index (χ4v) is 5.26. The third-order valence-corrected chi connectivity index (χ3v) is 7.46. The summed E-state index contributed by atoms with van der Waals surface area (Å²) in [5.74, 6) is -2.96.